The van der Waals surface area contributed by atoms with Crippen LogP contribution in [0.1, 0.15) is 11.3 Å². The minimum atomic E-state index is 1.03. The molecule has 0 aromatic carbocycles. The molecule has 0 bridgehead atoms. The lowest BCUT2D eigenvalue weighted by Gasteiger charge is -2.24. The van der Waals surface area contributed by atoms with Crippen LogP contribution >= 0.6 is 0 Å². The third kappa shape index (κ3) is 1.65. The number of pyridine rings is 1. The van der Waals surface area contributed by atoms with Crippen LogP contribution in [0.2, 0.25) is 0 Å². The normalized spacial score (nSPS) is 16.8. The molecule has 13 heavy (non-hydrogen) atoms. The van der Waals surface area contributed by atoms with Gasteiger partial charge in [0.15, 0.2) is 0 Å². The summed E-state index contributed by atoms with van der Waals surface area (Å²) in [5.74, 6) is 0. The summed E-state index contributed by atoms with van der Waals surface area (Å²) in [5, 5.41) is 3.11. The van der Waals surface area contributed by atoms with Crippen molar-refractivity contribution in [1.29, 1.82) is 0 Å². The van der Waals surface area contributed by atoms with Crippen LogP contribution in [0.5, 0.6) is 0 Å². The Hall–Kier alpha value is -1.09. The maximum absolute atomic E-state index is 4.44. The van der Waals surface area contributed by atoms with Crippen LogP contribution in [0.15, 0.2) is 12.3 Å². The molecule has 1 aromatic heterocycles. The highest BCUT2D eigenvalue weighted by Crippen LogP contribution is 2.18. The predicted molar refractivity (Wildman–Crippen MR) is 53.8 cm³/mol. The van der Waals surface area contributed by atoms with Gasteiger partial charge >= 0.3 is 0 Å². The van der Waals surface area contributed by atoms with Crippen molar-refractivity contribution in [3.05, 3.63) is 23.5 Å². The Bertz CT molecular complexity index is 309. The van der Waals surface area contributed by atoms with Crippen molar-refractivity contribution >= 4 is 5.69 Å². The van der Waals surface area contributed by atoms with Gasteiger partial charge in [0, 0.05) is 32.3 Å². The molecule has 0 aliphatic carbocycles. The van der Waals surface area contributed by atoms with Gasteiger partial charge in [-0.05, 0) is 18.7 Å². The first-order chi connectivity index (χ1) is 6.29. The van der Waals surface area contributed by atoms with E-state index in [-0.39, 0.29) is 0 Å². The first-order valence-electron chi connectivity index (χ1n) is 4.63. The second-order valence-corrected chi connectivity index (χ2v) is 3.57. The van der Waals surface area contributed by atoms with Gasteiger partial charge in [-0.2, -0.15) is 0 Å². The Balaban J connectivity index is 2.32. The second kappa shape index (κ2) is 3.34. The van der Waals surface area contributed by atoms with E-state index in [4.69, 9.17) is 0 Å². The Morgan fingerprint density at radius 3 is 3.15 bits per heavy atom. The summed E-state index contributed by atoms with van der Waals surface area (Å²) < 4.78 is 0. The van der Waals surface area contributed by atoms with Crippen molar-refractivity contribution in [3.8, 4) is 0 Å². The zero-order valence-corrected chi connectivity index (χ0v) is 8.17. The van der Waals surface area contributed by atoms with Crippen molar-refractivity contribution < 1.29 is 0 Å². The van der Waals surface area contributed by atoms with Gasteiger partial charge in [0.2, 0.25) is 0 Å². The molecule has 0 saturated carbocycles. The van der Waals surface area contributed by atoms with Crippen LogP contribution in [0, 0.1) is 0 Å². The van der Waals surface area contributed by atoms with Crippen molar-refractivity contribution in [2.45, 2.75) is 13.0 Å². The van der Waals surface area contributed by atoms with Crippen LogP contribution < -0.4 is 5.32 Å². The molecule has 0 radical (unpaired) electrons. The minimum absolute atomic E-state index is 1.03. The zero-order chi connectivity index (χ0) is 9.26. The van der Waals surface area contributed by atoms with E-state index in [1.165, 1.54) is 11.3 Å². The topological polar surface area (TPSA) is 28.2 Å². The van der Waals surface area contributed by atoms with E-state index >= 15 is 0 Å². The fraction of sp³-hybridized carbons (Fsp3) is 0.500. The Morgan fingerprint density at radius 1 is 1.54 bits per heavy atom. The molecule has 0 unspecified atom stereocenters. The SMILES string of the molecule is CNc1cnc2c(c1)CN(C)CC2. The smallest absolute Gasteiger partial charge is 0.0527 e. The maximum atomic E-state index is 4.44. The Labute approximate surface area is 78.8 Å². The highest BCUT2D eigenvalue weighted by Gasteiger charge is 2.13. The number of fused-ring (bicyclic) bond motifs is 1. The van der Waals surface area contributed by atoms with E-state index < -0.39 is 0 Å². The van der Waals surface area contributed by atoms with Crippen LogP contribution in [-0.2, 0) is 13.0 Å². The van der Waals surface area contributed by atoms with Gasteiger partial charge in [-0.25, -0.2) is 0 Å². The molecule has 0 atom stereocenters. The number of nitrogens with zero attached hydrogens (tertiary/aromatic N) is 2. The monoisotopic (exact) mass is 177 g/mol. The quantitative estimate of drug-likeness (QED) is 0.696. The molecule has 1 aromatic rings. The summed E-state index contributed by atoms with van der Waals surface area (Å²) in [6.07, 6.45) is 2.99. The third-order valence-corrected chi connectivity index (χ3v) is 2.52. The molecule has 70 valence electrons. The van der Waals surface area contributed by atoms with Gasteiger partial charge in [-0.3, -0.25) is 4.98 Å². The predicted octanol–water partition coefficient (Wildman–Crippen LogP) is 1.11. The largest absolute Gasteiger partial charge is 0.387 e. The van der Waals surface area contributed by atoms with E-state index in [1.54, 1.807) is 0 Å². The molecular weight excluding hydrogens is 162 g/mol. The number of aromatic nitrogens is 1. The molecule has 1 aliphatic rings. The van der Waals surface area contributed by atoms with E-state index in [9.17, 15) is 0 Å². The van der Waals surface area contributed by atoms with Gasteiger partial charge in [0.25, 0.3) is 0 Å². The third-order valence-electron chi connectivity index (χ3n) is 2.52. The Kier molecular flexibility index (Phi) is 2.19. The van der Waals surface area contributed by atoms with Gasteiger partial charge in [0.1, 0.15) is 0 Å². The van der Waals surface area contributed by atoms with Crippen molar-refractivity contribution in [3.63, 3.8) is 0 Å². The van der Waals surface area contributed by atoms with Crippen LogP contribution in [0.3, 0.4) is 0 Å². The molecule has 0 spiro atoms. The highest BCUT2D eigenvalue weighted by molar-refractivity contribution is 5.44. The van der Waals surface area contributed by atoms with E-state index in [1.807, 2.05) is 13.2 Å². The summed E-state index contributed by atoms with van der Waals surface area (Å²) in [5.41, 5.74) is 3.73. The molecule has 1 aliphatic heterocycles. The number of hydrogen-bond donors (Lipinski definition) is 1. The van der Waals surface area contributed by atoms with Gasteiger partial charge in [-0.1, -0.05) is 0 Å². The lowest BCUT2D eigenvalue weighted by atomic mass is 10.1. The molecule has 3 heteroatoms. The average molecular weight is 177 g/mol. The fourth-order valence-electron chi connectivity index (χ4n) is 1.70. The molecule has 0 fully saturated rings. The first-order valence-corrected chi connectivity index (χ1v) is 4.63. The first kappa shape index (κ1) is 8.51. The minimum Gasteiger partial charge on any atom is -0.387 e. The molecule has 1 N–H and O–H groups in total. The summed E-state index contributed by atoms with van der Waals surface area (Å²) in [4.78, 5) is 6.76. The highest BCUT2D eigenvalue weighted by atomic mass is 15.1. The number of rotatable bonds is 1. The standard InChI is InChI=1S/C10H15N3/c1-11-9-5-8-7-13(2)4-3-10(8)12-6-9/h5-6,11H,3-4,7H2,1-2H3. The molecule has 0 saturated heterocycles. The van der Waals surface area contributed by atoms with E-state index in [0.717, 1.165) is 25.2 Å². The molecular formula is C10H15N3. The van der Waals surface area contributed by atoms with Crippen LogP contribution in [0.4, 0.5) is 5.69 Å². The number of anilines is 1. The average Bonchev–Trinajstić information content (AvgIpc) is 2.16. The van der Waals surface area contributed by atoms with Crippen LogP contribution in [0.25, 0.3) is 0 Å². The number of nitrogens with one attached hydrogen (secondary N) is 1. The lowest BCUT2D eigenvalue weighted by molar-refractivity contribution is 0.310. The van der Waals surface area contributed by atoms with Gasteiger partial charge in [-0.15, -0.1) is 0 Å². The van der Waals surface area contributed by atoms with Gasteiger partial charge < -0.3 is 10.2 Å². The second-order valence-electron chi connectivity index (χ2n) is 3.57. The lowest BCUT2D eigenvalue weighted by Crippen LogP contribution is -2.27. The summed E-state index contributed by atoms with van der Waals surface area (Å²) in [6.45, 7) is 2.15. The molecule has 2 heterocycles. The van der Waals surface area contributed by atoms with E-state index in [0.29, 0.717) is 0 Å². The number of hydrogen-bond acceptors (Lipinski definition) is 3. The summed E-state index contributed by atoms with van der Waals surface area (Å²) >= 11 is 0. The number of likely N-dealkylation sites (N-methyl/N-ethyl adjacent to an activating group) is 1. The summed E-state index contributed by atoms with van der Waals surface area (Å²) in [7, 11) is 4.07. The maximum Gasteiger partial charge on any atom is 0.0527 e. The van der Waals surface area contributed by atoms with Crippen LogP contribution in [-0.4, -0.2) is 30.5 Å². The van der Waals surface area contributed by atoms with Crippen molar-refractivity contribution in [1.82, 2.24) is 9.88 Å². The Morgan fingerprint density at radius 2 is 2.38 bits per heavy atom. The molecule has 0 amide bonds. The molecule has 2 rings (SSSR count). The van der Waals surface area contributed by atoms with Crippen molar-refractivity contribution in [2.75, 3.05) is 26.0 Å². The molecule has 3 nitrogen and oxygen atoms in total. The zero-order valence-electron chi connectivity index (χ0n) is 8.17. The van der Waals surface area contributed by atoms with Crippen molar-refractivity contribution in [2.24, 2.45) is 0 Å². The summed E-state index contributed by atoms with van der Waals surface area (Å²) in [6, 6.07) is 2.19. The van der Waals surface area contributed by atoms with Gasteiger partial charge in [0.05, 0.1) is 11.9 Å². The van der Waals surface area contributed by atoms with E-state index in [2.05, 4.69) is 28.3 Å². The fourth-order valence-corrected chi connectivity index (χ4v) is 1.70.